The highest BCUT2D eigenvalue weighted by atomic mass is 16.4. The average Bonchev–Trinajstić information content (AvgIpc) is 3.22. The van der Waals surface area contributed by atoms with Crippen molar-refractivity contribution in [3.8, 4) is 0 Å². The fraction of sp³-hybridized carbons (Fsp3) is 0.455. The fourth-order valence-corrected chi connectivity index (χ4v) is 4.14. The molecule has 1 fully saturated rings. The first-order chi connectivity index (χ1) is 15.4. The van der Waals surface area contributed by atoms with E-state index in [0.29, 0.717) is 38.5 Å². The lowest BCUT2D eigenvalue weighted by Gasteiger charge is -2.32. The van der Waals surface area contributed by atoms with Crippen molar-refractivity contribution in [1.82, 2.24) is 14.5 Å². The summed E-state index contributed by atoms with van der Waals surface area (Å²) in [5, 5.41) is 0. The van der Waals surface area contributed by atoms with Gasteiger partial charge >= 0.3 is 5.69 Å². The number of unbranched alkanes of at least 4 members (excludes halogenated alkanes) is 1. The number of fused-ring (bicyclic) bond motifs is 1. The Labute approximate surface area is 184 Å². The minimum absolute atomic E-state index is 0.0203. The number of H-pyrrole nitrogens is 1. The van der Waals surface area contributed by atoms with Gasteiger partial charge in [-0.2, -0.15) is 4.98 Å². The molecule has 0 bridgehead atoms. The van der Waals surface area contributed by atoms with Crippen molar-refractivity contribution in [2.45, 2.75) is 39.2 Å². The molecule has 4 rings (SSSR count). The highest BCUT2D eigenvalue weighted by Crippen LogP contribution is 2.28. The third-order valence-corrected chi connectivity index (χ3v) is 6.01. The Morgan fingerprint density at radius 2 is 2.00 bits per heavy atom. The molecule has 0 saturated carbocycles. The molecule has 3 N–H and O–H groups in total. The number of benzene rings is 1. The van der Waals surface area contributed by atoms with E-state index in [2.05, 4.69) is 9.97 Å². The maximum Gasteiger partial charge on any atom is 0.330 e. The number of hydrogen-bond donors (Lipinski definition) is 2. The van der Waals surface area contributed by atoms with Crippen LogP contribution in [-0.4, -0.2) is 40.6 Å². The van der Waals surface area contributed by atoms with Gasteiger partial charge in [-0.3, -0.25) is 19.1 Å². The van der Waals surface area contributed by atoms with E-state index in [0.717, 1.165) is 23.9 Å². The van der Waals surface area contributed by atoms with Crippen LogP contribution < -0.4 is 26.8 Å². The first-order valence-electron chi connectivity index (χ1n) is 10.9. The number of piperidine rings is 1. The zero-order chi connectivity index (χ0) is 22.8. The minimum Gasteiger partial charge on any atom is -0.423 e. The number of rotatable bonds is 6. The van der Waals surface area contributed by atoms with Crippen molar-refractivity contribution in [3.63, 3.8) is 0 Å². The van der Waals surface area contributed by atoms with Crippen molar-refractivity contribution in [2.75, 3.05) is 35.7 Å². The van der Waals surface area contributed by atoms with Gasteiger partial charge in [0.1, 0.15) is 11.3 Å². The predicted octanol–water partition coefficient (Wildman–Crippen LogP) is 1.94. The zero-order valence-electron chi connectivity index (χ0n) is 18.3. The van der Waals surface area contributed by atoms with E-state index in [1.54, 1.807) is 0 Å². The Bertz CT molecular complexity index is 1200. The maximum atomic E-state index is 13.2. The number of oxazole rings is 1. The van der Waals surface area contributed by atoms with Gasteiger partial charge in [0, 0.05) is 32.6 Å². The summed E-state index contributed by atoms with van der Waals surface area (Å²) in [6.45, 7) is 3.60. The molecule has 2 aromatic heterocycles. The van der Waals surface area contributed by atoms with Gasteiger partial charge in [0.25, 0.3) is 11.6 Å². The monoisotopic (exact) mass is 440 g/mol. The molecule has 10 heteroatoms. The van der Waals surface area contributed by atoms with Crippen LogP contribution in [0.1, 0.15) is 32.6 Å². The molecule has 1 aliphatic rings. The van der Waals surface area contributed by atoms with Gasteiger partial charge in [0.05, 0.1) is 0 Å². The van der Waals surface area contributed by atoms with Gasteiger partial charge in [-0.15, -0.1) is 0 Å². The molecular formula is C22H28N6O4. The third-order valence-electron chi connectivity index (χ3n) is 6.01. The van der Waals surface area contributed by atoms with Gasteiger partial charge in [-0.05, 0) is 31.4 Å². The first kappa shape index (κ1) is 21.7. The van der Waals surface area contributed by atoms with E-state index >= 15 is 0 Å². The quantitative estimate of drug-likeness (QED) is 0.599. The molecule has 1 aliphatic heterocycles. The van der Waals surface area contributed by atoms with E-state index in [1.165, 1.54) is 16.5 Å². The summed E-state index contributed by atoms with van der Waals surface area (Å²) in [6, 6.07) is 8.13. The maximum absolute atomic E-state index is 13.2. The molecule has 0 spiro atoms. The summed E-state index contributed by atoms with van der Waals surface area (Å²) in [7, 11) is 1.53. The van der Waals surface area contributed by atoms with Crippen LogP contribution in [0.15, 0.2) is 38.3 Å². The number of hydrogen-bond acceptors (Lipinski definition) is 7. The van der Waals surface area contributed by atoms with Crippen LogP contribution >= 0.6 is 0 Å². The third kappa shape index (κ3) is 4.00. The van der Waals surface area contributed by atoms with Gasteiger partial charge in [-0.25, -0.2) is 4.79 Å². The second-order valence-corrected chi connectivity index (χ2v) is 8.12. The number of amides is 1. The molecule has 32 heavy (non-hydrogen) atoms. The number of carbonyl (C=O) groups is 1. The summed E-state index contributed by atoms with van der Waals surface area (Å²) in [5.41, 5.74) is 6.49. The Kier molecular flexibility index (Phi) is 6.02. The van der Waals surface area contributed by atoms with Gasteiger partial charge in [0.15, 0.2) is 11.3 Å². The van der Waals surface area contributed by atoms with Crippen molar-refractivity contribution in [3.05, 3.63) is 45.1 Å². The van der Waals surface area contributed by atoms with Crippen LogP contribution in [0.2, 0.25) is 0 Å². The number of nitrogen functional groups attached to an aromatic ring is 1. The number of aromatic amines is 1. The van der Waals surface area contributed by atoms with Crippen molar-refractivity contribution in [1.29, 1.82) is 0 Å². The van der Waals surface area contributed by atoms with Crippen LogP contribution in [0.5, 0.6) is 0 Å². The Morgan fingerprint density at radius 1 is 1.28 bits per heavy atom. The Hall–Kier alpha value is -3.56. The topological polar surface area (TPSA) is 130 Å². The number of carbonyl (C=O) groups excluding carboxylic acids is 1. The molecule has 1 aromatic carbocycles. The van der Waals surface area contributed by atoms with Crippen LogP contribution in [0.3, 0.4) is 0 Å². The molecule has 170 valence electrons. The smallest absolute Gasteiger partial charge is 0.330 e. The summed E-state index contributed by atoms with van der Waals surface area (Å²) in [4.78, 5) is 47.9. The second-order valence-electron chi connectivity index (χ2n) is 8.12. The number of anilines is 3. The SMILES string of the molecule is CCCCn1c(N)c(N(C)C(=O)C2CCN(c3nc4ccccc4o3)CC2)c(=O)[nH]c1=O. The van der Waals surface area contributed by atoms with Crippen molar-refractivity contribution in [2.24, 2.45) is 5.92 Å². The normalized spacial score (nSPS) is 14.8. The lowest BCUT2D eigenvalue weighted by molar-refractivity contribution is -0.122. The predicted molar refractivity (Wildman–Crippen MR) is 123 cm³/mol. The zero-order valence-corrected chi connectivity index (χ0v) is 18.3. The summed E-state index contributed by atoms with van der Waals surface area (Å²) in [5.74, 6) is -0.442. The van der Waals surface area contributed by atoms with Gasteiger partial charge < -0.3 is 20.0 Å². The average molecular weight is 441 g/mol. The number of para-hydroxylation sites is 2. The molecule has 0 atom stereocenters. The van der Waals surface area contributed by atoms with Crippen LogP contribution in [0.4, 0.5) is 17.5 Å². The Morgan fingerprint density at radius 3 is 2.69 bits per heavy atom. The standard InChI is InChI=1S/C22H28N6O4/c1-3-4-11-28-18(23)17(19(29)25-21(28)31)26(2)20(30)14-9-12-27(13-10-14)22-24-15-7-5-6-8-16(15)32-22/h5-8,14H,3-4,9-13,23H2,1-2H3,(H,25,29,31). The molecule has 10 nitrogen and oxygen atoms in total. The molecule has 3 aromatic rings. The lowest BCUT2D eigenvalue weighted by atomic mass is 9.95. The first-order valence-corrected chi connectivity index (χ1v) is 10.9. The number of nitrogens with one attached hydrogen (secondary N) is 1. The minimum atomic E-state index is -0.653. The van der Waals surface area contributed by atoms with Gasteiger partial charge in [0.2, 0.25) is 5.91 Å². The molecule has 1 saturated heterocycles. The lowest BCUT2D eigenvalue weighted by Crippen LogP contribution is -2.44. The van der Waals surface area contributed by atoms with E-state index in [4.69, 9.17) is 10.2 Å². The summed E-state index contributed by atoms with van der Waals surface area (Å²) >= 11 is 0. The highest BCUT2D eigenvalue weighted by Gasteiger charge is 2.31. The van der Waals surface area contributed by atoms with Crippen molar-refractivity contribution >= 4 is 34.5 Å². The molecule has 3 heterocycles. The van der Waals surface area contributed by atoms with E-state index in [-0.39, 0.29) is 23.3 Å². The van der Waals surface area contributed by atoms with Crippen LogP contribution in [-0.2, 0) is 11.3 Å². The molecular weight excluding hydrogens is 412 g/mol. The molecule has 1 amide bonds. The Balaban J connectivity index is 1.48. The molecule has 0 radical (unpaired) electrons. The van der Waals surface area contributed by atoms with E-state index < -0.39 is 11.2 Å². The number of nitrogens with two attached hydrogens (primary N) is 1. The van der Waals surface area contributed by atoms with E-state index in [1.807, 2.05) is 36.1 Å². The fourth-order valence-electron chi connectivity index (χ4n) is 4.14. The van der Waals surface area contributed by atoms with Crippen LogP contribution in [0.25, 0.3) is 11.1 Å². The molecule has 0 unspecified atom stereocenters. The molecule has 0 aliphatic carbocycles. The van der Waals surface area contributed by atoms with Gasteiger partial charge in [-0.1, -0.05) is 25.5 Å². The summed E-state index contributed by atoms with van der Waals surface area (Å²) in [6.07, 6.45) is 2.79. The van der Waals surface area contributed by atoms with Crippen molar-refractivity contribution < 1.29 is 9.21 Å². The van der Waals surface area contributed by atoms with Crippen LogP contribution in [0, 0.1) is 5.92 Å². The highest BCUT2D eigenvalue weighted by molar-refractivity contribution is 5.96. The largest absolute Gasteiger partial charge is 0.423 e. The number of aromatic nitrogens is 3. The van der Waals surface area contributed by atoms with E-state index in [9.17, 15) is 14.4 Å². The number of nitrogens with zero attached hydrogens (tertiary/aromatic N) is 4. The second kappa shape index (κ2) is 8.89. The summed E-state index contributed by atoms with van der Waals surface area (Å²) < 4.78 is 7.15.